The molecule has 108 valence electrons. The van der Waals surface area contributed by atoms with Gasteiger partial charge < -0.3 is 14.7 Å². The first-order valence-electron chi connectivity index (χ1n) is 6.86. The molecule has 0 radical (unpaired) electrons. The standard InChI is InChI=1S/C15H24FNO2/c1-13(2)17(9-3-11-18)10-4-12-19-15-7-5-14(16)6-8-15/h5-8,13,18H,3-4,9-12H2,1-2H3. The van der Waals surface area contributed by atoms with E-state index in [-0.39, 0.29) is 12.4 Å². The molecule has 1 rings (SSSR count). The fourth-order valence-corrected chi connectivity index (χ4v) is 1.89. The van der Waals surface area contributed by atoms with Crippen LogP contribution in [0.3, 0.4) is 0 Å². The Morgan fingerprint density at radius 1 is 1.16 bits per heavy atom. The SMILES string of the molecule is CC(C)N(CCCO)CCCOc1ccc(F)cc1. The van der Waals surface area contributed by atoms with E-state index >= 15 is 0 Å². The summed E-state index contributed by atoms with van der Waals surface area (Å²) in [7, 11) is 0. The summed E-state index contributed by atoms with van der Waals surface area (Å²) in [5, 5.41) is 8.86. The number of aliphatic hydroxyl groups is 1. The molecular weight excluding hydrogens is 245 g/mol. The Morgan fingerprint density at radius 2 is 1.79 bits per heavy atom. The van der Waals surface area contributed by atoms with Gasteiger partial charge in [0, 0.05) is 25.7 Å². The Balaban J connectivity index is 2.22. The van der Waals surface area contributed by atoms with Gasteiger partial charge in [-0.25, -0.2) is 4.39 Å². The van der Waals surface area contributed by atoms with Gasteiger partial charge in [-0.1, -0.05) is 0 Å². The van der Waals surface area contributed by atoms with Gasteiger partial charge in [0.25, 0.3) is 0 Å². The second kappa shape index (κ2) is 8.88. The van der Waals surface area contributed by atoms with E-state index in [1.54, 1.807) is 12.1 Å². The fourth-order valence-electron chi connectivity index (χ4n) is 1.89. The first-order chi connectivity index (χ1) is 9.13. The van der Waals surface area contributed by atoms with Crippen molar-refractivity contribution in [3.63, 3.8) is 0 Å². The average molecular weight is 269 g/mol. The molecular formula is C15H24FNO2. The van der Waals surface area contributed by atoms with E-state index < -0.39 is 0 Å². The summed E-state index contributed by atoms with van der Waals surface area (Å²) in [6.07, 6.45) is 1.72. The highest BCUT2D eigenvalue weighted by Crippen LogP contribution is 2.11. The first kappa shape index (κ1) is 15.9. The van der Waals surface area contributed by atoms with E-state index in [0.717, 1.165) is 25.9 Å². The molecule has 0 amide bonds. The van der Waals surface area contributed by atoms with Crippen molar-refractivity contribution in [2.45, 2.75) is 32.7 Å². The highest BCUT2D eigenvalue weighted by Gasteiger charge is 2.08. The van der Waals surface area contributed by atoms with Crippen molar-refractivity contribution >= 4 is 0 Å². The third-order valence-corrected chi connectivity index (χ3v) is 3.01. The average Bonchev–Trinajstić information content (AvgIpc) is 2.39. The number of benzene rings is 1. The largest absolute Gasteiger partial charge is 0.494 e. The molecule has 0 aliphatic carbocycles. The van der Waals surface area contributed by atoms with Crippen LogP contribution in [-0.2, 0) is 0 Å². The molecule has 0 bridgehead atoms. The number of hydrogen-bond donors (Lipinski definition) is 1. The summed E-state index contributed by atoms with van der Waals surface area (Å²) in [5.74, 6) is 0.454. The maximum absolute atomic E-state index is 12.7. The van der Waals surface area contributed by atoms with Gasteiger partial charge in [0.1, 0.15) is 11.6 Å². The van der Waals surface area contributed by atoms with Gasteiger partial charge in [0.15, 0.2) is 0 Å². The molecule has 0 atom stereocenters. The zero-order valence-corrected chi connectivity index (χ0v) is 11.8. The van der Waals surface area contributed by atoms with Crippen LogP contribution < -0.4 is 4.74 Å². The molecule has 0 saturated heterocycles. The normalized spacial score (nSPS) is 11.3. The van der Waals surface area contributed by atoms with Crippen molar-refractivity contribution in [1.82, 2.24) is 4.90 Å². The molecule has 0 heterocycles. The minimum Gasteiger partial charge on any atom is -0.494 e. The second-order valence-electron chi connectivity index (χ2n) is 4.86. The maximum Gasteiger partial charge on any atom is 0.123 e. The van der Waals surface area contributed by atoms with Crippen molar-refractivity contribution in [3.05, 3.63) is 30.1 Å². The Bertz CT molecular complexity index is 341. The van der Waals surface area contributed by atoms with E-state index in [1.165, 1.54) is 12.1 Å². The monoisotopic (exact) mass is 269 g/mol. The summed E-state index contributed by atoms with van der Waals surface area (Å²) < 4.78 is 18.3. The van der Waals surface area contributed by atoms with Crippen LogP contribution >= 0.6 is 0 Å². The maximum atomic E-state index is 12.7. The lowest BCUT2D eigenvalue weighted by Crippen LogP contribution is -2.33. The van der Waals surface area contributed by atoms with Crippen LogP contribution in [0.25, 0.3) is 0 Å². The van der Waals surface area contributed by atoms with Crippen LogP contribution in [0.2, 0.25) is 0 Å². The van der Waals surface area contributed by atoms with Crippen LogP contribution in [0.4, 0.5) is 4.39 Å². The molecule has 3 nitrogen and oxygen atoms in total. The van der Waals surface area contributed by atoms with Crippen molar-refractivity contribution in [2.75, 3.05) is 26.3 Å². The van der Waals surface area contributed by atoms with Gasteiger partial charge >= 0.3 is 0 Å². The number of nitrogens with zero attached hydrogens (tertiary/aromatic N) is 1. The van der Waals surface area contributed by atoms with E-state index in [4.69, 9.17) is 9.84 Å². The lowest BCUT2D eigenvalue weighted by Gasteiger charge is -2.26. The zero-order valence-electron chi connectivity index (χ0n) is 11.8. The highest BCUT2D eigenvalue weighted by atomic mass is 19.1. The van der Waals surface area contributed by atoms with E-state index in [2.05, 4.69) is 18.7 Å². The lowest BCUT2D eigenvalue weighted by molar-refractivity contribution is 0.177. The summed E-state index contributed by atoms with van der Waals surface area (Å²) in [5.41, 5.74) is 0. The van der Waals surface area contributed by atoms with Gasteiger partial charge in [-0.05, 0) is 51.0 Å². The zero-order chi connectivity index (χ0) is 14.1. The summed E-state index contributed by atoms with van der Waals surface area (Å²) in [6.45, 7) is 7.00. The molecule has 1 N–H and O–H groups in total. The third-order valence-electron chi connectivity index (χ3n) is 3.01. The van der Waals surface area contributed by atoms with Crippen LogP contribution in [0.1, 0.15) is 26.7 Å². The Morgan fingerprint density at radius 3 is 2.37 bits per heavy atom. The van der Waals surface area contributed by atoms with Gasteiger partial charge in [0.2, 0.25) is 0 Å². The van der Waals surface area contributed by atoms with Gasteiger partial charge in [0.05, 0.1) is 6.61 Å². The van der Waals surface area contributed by atoms with Crippen molar-refractivity contribution in [2.24, 2.45) is 0 Å². The summed E-state index contributed by atoms with van der Waals surface area (Å²) in [4.78, 5) is 2.32. The van der Waals surface area contributed by atoms with Gasteiger partial charge in [-0.3, -0.25) is 0 Å². The highest BCUT2D eigenvalue weighted by molar-refractivity contribution is 5.21. The number of rotatable bonds is 9. The minimum atomic E-state index is -0.248. The predicted molar refractivity (Wildman–Crippen MR) is 74.9 cm³/mol. The van der Waals surface area contributed by atoms with Gasteiger partial charge in [-0.15, -0.1) is 0 Å². The molecule has 4 heteroatoms. The van der Waals surface area contributed by atoms with E-state index in [1.807, 2.05) is 0 Å². The molecule has 0 saturated carbocycles. The lowest BCUT2D eigenvalue weighted by atomic mass is 10.2. The van der Waals surface area contributed by atoms with Crippen LogP contribution in [0, 0.1) is 5.82 Å². The van der Waals surface area contributed by atoms with E-state index in [9.17, 15) is 4.39 Å². The topological polar surface area (TPSA) is 32.7 Å². The molecule has 1 aromatic carbocycles. The molecule has 0 spiro atoms. The Kier molecular flexibility index (Phi) is 7.45. The summed E-state index contributed by atoms with van der Waals surface area (Å²) >= 11 is 0. The molecule has 0 aliphatic rings. The van der Waals surface area contributed by atoms with Crippen molar-refractivity contribution in [1.29, 1.82) is 0 Å². The predicted octanol–water partition coefficient (Wildman–Crippen LogP) is 2.69. The van der Waals surface area contributed by atoms with Crippen LogP contribution in [-0.4, -0.2) is 42.4 Å². The number of halogens is 1. The summed E-state index contributed by atoms with van der Waals surface area (Å²) in [6, 6.07) is 6.55. The molecule has 0 aromatic heterocycles. The van der Waals surface area contributed by atoms with Crippen LogP contribution in [0.15, 0.2) is 24.3 Å². The Labute approximate surface area is 115 Å². The second-order valence-corrected chi connectivity index (χ2v) is 4.86. The minimum absolute atomic E-state index is 0.231. The van der Waals surface area contributed by atoms with Crippen LogP contribution in [0.5, 0.6) is 5.75 Å². The fraction of sp³-hybridized carbons (Fsp3) is 0.600. The third kappa shape index (κ3) is 6.55. The van der Waals surface area contributed by atoms with Gasteiger partial charge in [-0.2, -0.15) is 0 Å². The number of hydrogen-bond acceptors (Lipinski definition) is 3. The molecule has 0 unspecified atom stereocenters. The smallest absolute Gasteiger partial charge is 0.123 e. The number of aliphatic hydroxyl groups excluding tert-OH is 1. The van der Waals surface area contributed by atoms with E-state index in [0.29, 0.717) is 18.4 Å². The molecule has 1 aromatic rings. The molecule has 0 fully saturated rings. The van der Waals surface area contributed by atoms with Crippen molar-refractivity contribution in [3.8, 4) is 5.75 Å². The number of ether oxygens (including phenoxy) is 1. The molecule has 0 aliphatic heterocycles. The quantitative estimate of drug-likeness (QED) is 0.700. The first-order valence-corrected chi connectivity index (χ1v) is 6.86. The molecule has 19 heavy (non-hydrogen) atoms. The Hall–Kier alpha value is -1.13. The van der Waals surface area contributed by atoms with Crippen molar-refractivity contribution < 1.29 is 14.2 Å².